The van der Waals surface area contributed by atoms with Gasteiger partial charge in [0, 0.05) is 42.4 Å². The number of hydrogen-bond acceptors (Lipinski definition) is 5. The van der Waals surface area contributed by atoms with E-state index in [1.54, 1.807) is 4.90 Å². The molecule has 0 spiro atoms. The van der Waals surface area contributed by atoms with Crippen LogP contribution in [-0.2, 0) is 28.9 Å². The largest absolute Gasteiger partial charge is 0.481 e. The Morgan fingerprint density at radius 3 is 2.66 bits per heavy atom. The summed E-state index contributed by atoms with van der Waals surface area (Å²) in [7, 11) is 1.41. The molecule has 3 aromatic rings. The number of rotatable bonds is 5. The Kier molecular flexibility index (Phi) is 6.45. The van der Waals surface area contributed by atoms with Crippen LogP contribution in [0.3, 0.4) is 0 Å². The minimum atomic E-state index is -0.697. The van der Waals surface area contributed by atoms with Gasteiger partial charge in [0.25, 0.3) is 0 Å². The second-order valence-corrected chi connectivity index (χ2v) is 9.81. The van der Waals surface area contributed by atoms with Crippen LogP contribution >= 0.6 is 0 Å². The van der Waals surface area contributed by atoms with Crippen molar-refractivity contribution in [1.82, 2.24) is 19.4 Å². The maximum atomic E-state index is 12.3. The van der Waals surface area contributed by atoms with Crippen molar-refractivity contribution in [2.75, 3.05) is 13.7 Å². The van der Waals surface area contributed by atoms with E-state index in [9.17, 15) is 14.7 Å². The monoisotopic (exact) mass is 476 g/mol. The lowest BCUT2D eigenvalue weighted by Gasteiger charge is -2.28. The summed E-state index contributed by atoms with van der Waals surface area (Å²) >= 11 is 0. The number of carbonyl (C=O) groups is 2. The van der Waals surface area contributed by atoms with Crippen molar-refractivity contribution in [2.24, 2.45) is 5.92 Å². The molecule has 1 atom stereocenters. The molecule has 2 aromatic heterocycles. The number of nitrogens with zero attached hydrogens (tertiary/aromatic N) is 4. The predicted octanol–water partition coefficient (Wildman–Crippen LogP) is 4.72. The SMILES string of the molecule is COC(=O)N1CCc2ccc3c(nc(C4CCC(C(=O)O)CC4)n3[C@@H](C)Cc3ccccn3)c2C1. The maximum absolute atomic E-state index is 12.3. The van der Waals surface area contributed by atoms with Gasteiger partial charge in [0.15, 0.2) is 0 Å². The van der Waals surface area contributed by atoms with Crippen LogP contribution in [0.15, 0.2) is 36.5 Å². The Morgan fingerprint density at radius 1 is 1.17 bits per heavy atom. The van der Waals surface area contributed by atoms with E-state index < -0.39 is 5.97 Å². The molecule has 1 saturated carbocycles. The minimum Gasteiger partial charge on any atom is -0.481 e. The number of amides is 1. The molecular weight excluding hydrogens is 444 g/mol. The summed E-state index contributed by atoms with van der Waals surface area (Å²) in [6.07, 6.45) is 6.02. The van der Waals surface area contributed by atoms with E-state index in [-0.39, 0.29) is 24.0 Å². The molecule has 35 heavy (non-hydrogen) atoms. The fourth-order valence-corrected chi connectivity index (χ4v) is 5.76. The number of carbonyl (C=O) groups excluding carboxylic acids is 1. The average Bonchev–Trinajstić information content (AvgIpc) is 3.29. The number of methoxy groups -OCH3 is 1. The molecule has 2 aliphatic rings. The number of benzene rings is 1. The highest BCUT2D eigenvalue weighted by molar-refractivity contribution is 5.82. The Labute approximate surface area is 204 Å². The average molecular weight is 477 g/mol. The van der Waals surface area contributed by atoms with Crippen LogP contribution in [0.25, 0.3) is 11.0 Å². The molecule has 0 saturated heterocycles. The van der Waals surface area contributed by atoms with E-state index in [0.717, 1.165) is 53.8 Å². The van der Waals surface area contributed by atoms with Crippen molar-refractivity contribution >= 4 is 23.1 Å². The van der Waals surface area contributed by atoms with Gasteiger partial charge >= 0.3 is 12.1 Å². The number of hydrogen-bond donors (Lipinski definition) is 1. The number of fused-ring (bicyclic) bond motifs is 3. The lowest BCUT2D eigenvalue weighted by Crippen LogP contribution is -2.35. The second kappa shape index (κ2) is 9.68. The first-order chi connectivity index (χ1) is 17.0. The van der Waals surface area contributed by atoms with Crippen LogP contribution < -0.4 is 0 Å². The van der Waals surface area contributed by atoms with E-state index in [0.29, 0.717) is 25.9 Å². The molecule has 0 unspecified atom stereocenters. The van der Waals surface area contributed by atoms with E-state index in [1.807, 2.05) is 24.4 Å². The van der Waals surface area contributed by atoms with Crippen LogP contribution in [0.1, 0.15) is 67.2 Å². The van der Waals surface area contributed by atoms with Gasteiger partial charge in [-0.25, -0.2) is 9.78 Å². The molecule has 0 radical (unpaired) electrons. The van der Waals surface area contributed by atoms with Crippen molar-refractivity contribution in [1.29, 1.82) is 0 Å². The molecule has 0 bridgehead atoms. The normalized spacial score (nSPS) is 20.9. The summed E-state index contributed by atoms with van der Waals surface area (Å²) in [6, 6.07) is 10.4. The van der Waals surface area contributed by atoms with Crippen LogP contribution in [-0.4, -0.2) is 50.3 Å². The first kappa shape index (κ1) is 23.3. The summed E-state index contributed by atoms with van der Waals surface area (Å²) in [6.45, 7) is 3.31. The predicted molar refractivity (Wildman–Crippen MR) is 131 cm³/mol. The zero-order valence-electron chi connectivity index (χ0n) is 20.3. The molecule has 5 rings (SSSR count). The molecule has 8 heteroatoms. The zero-order chi connectivity index (χ0) is 24.5. The third kappa shape index (κ3) is 4.49. The molecule has 1 N–H and O–H groups in total. The topological polar surface area (TPSA) is 97.5 Å². The first-order valence-electron chi connectivity index (χ1n) is 12.4. The smallest absolute Gasteiger partial charge is 0.409 e. The minimum absolute atomic E-state index is 0.125. The fraction of sp³-hybridized carbons (Fsp3) is 0.481. The standard InChI is InChI=1S/C27H32N4O4/c1-17(15-21-5-3-4-13-28-21)31-23-11-10-18-12-14-30(27(34)35-2)16-22(18)24(23)29-25(31)19-6-8-20(9-7-19)26(32)33/h3-5,10-11,13,17,19-20H,6-9,12,14-16H2,1-2H3,(H,32,33)/t17-,19?,20?/m0/s1. The van der Waals surface area contributed by atoms with Gasteiger partial charge in [0.05, 0.1) is 30.6 Å². The van der Waals surface area contributed by atoms with Gasteiger partial charge in [0.1, 0.15) is 5.82 Å². The number of aliphatic carboxylic acids is 1. The molecule has 1 fully saturated rings. The van der Waals surface area contributed by atoms with Gasteiger partial charge in [0.2, 0.25) is 0 Å². The number of pyridine rings is 1. The molecule has 8 nitrogen and oxygen atoms in total. The second-order valence-electron chi connectivity index (χ2n) is 9.81. The summed E-state index contributed by atoms with van der Waals surface area (Å²) in [4.78, 5) is 35.3. The third-order valence-corrected chi connectivity index (χ3v) is 7.64. The lowest BCUT2D eigenvalue weighted by atomic mass is 9.81. The van der Waals surface area contributed by atoms with Crippen molar-refractivity contribution in [3.63, 3.8) is 0 Å². The summed E-state index contributed by atoms with van der Waals surface area (Å²) < 4.78 is 7.32. The molecule has 1 aliphatic heterocycles. The molecule has 184 valence electrons. The summed E-state index contributed by atoms with van der Waals surface area (Å²) in [5.74, 6) is 0.268. The maximum Gasteiger partial charge on any atom is 0.409 e. The molecule has 3 heterocycles. The Hall–Kier alpha value is -3.42. The number of imidazole rings is 1. The molecule has 1 amide bonds. The number of ether oxygens (including phenoxy) is 1. The Bertz CT molecular complexity index is 1230. The van der Waals surface area contributed by atoms with E-state index >= 15 is 0 Å². The number of carboxylic acid groups (broad SMARTS) is 1. The van der Waals surface area contributed by atoms with Crippen LogP contribution in [0.4, 0.5) is 4.79 Å². The van der Waals surface area contributed by atoms with E-state index in [2.05, 4.69) is 28.6 Å². The number of aromatic nitrogens is 3. The van der Waals surface area contributed by atoms with Crippen LogP contribution in [0.2, 0.25) is 0 Å². The van der Waals surface area contributed by atoms with Crippen molar-refractivity contribution in [3.8, 4) is 0 Å². The van der Waals surface area contributed by atoms with Crippen molar-refractivity contribution < 1.29 is 19.4 Å². The quantitative estimate of drug-likeness (QED) is 0.572. The fourth-order valence-electron chi connectivity index (χ4n) is 5.76. The molecule has 1 aliphatic carbocycles. The first-order valence-corrected chi connectivity index (χ1v) is 12.4. The highest BCUT2D eigenvalue weighted by atomic mass is 16.5. The van der Waals surface area contributed by atoms with Gasteiger partial charge in [-0.15, -0.1) is 0 Å². The Morgan fingerprint density at radius 2 is 1.97 bits per heavy atom. The van der Waals surface area contributed by atoms with Crippen LogP contribution in [0.5, 0.6) is 0 Å². The Balaban J connectivity index is 1.56. The highest BCUT2D eigenvalue weighted by Crippen LogP contribution is 2.40. The van der Waals surface area contributed by atoms with Gasteiger partial charge < -0.3 is 19.3 Å². The highest BCUT2D eigenvalue weighted by Gasteiger charge is 2.32. The van der Waals surface area contributed by atoms with Crippen molar-refractivity contribution in [2.45, 2.75) is 64.0 Å². The van der Waals surface area contributed by atoms with Gasteiger partial charge in [-0.3, -0.25) is 9.78 Å². The third-order valence-electron chi connectivity index (χ3n) is 7.64. The lowest BCUT2D eigenvalue weighted by molar-refractivity contribution is -0.142. The van der Waals surface area contributed by atoms with E-state index in [1.165, 1.54) is 12.7 Å². The molecule has 1 aromatic carbocycles. The zero-order valence-corrected chi connectivity index (χ0v) is 20.3. The van der Waals surface area contributed by atoms with Gasteiger partial charge in [-0.2, -0.15) is 0 Å². The summed E-state index contributed by atoms with van der Waals surface area (Å²) in [5, 5.41) is 9.47. The number of carboxylic acids is 1. The summed E-state index contributed by atoms with van der Waals surface area (Å²) in [5.41, 5.74) is 5.34. The molecular formula is C27H32N4O4. The van der Waals surface area contributed by atoms with Gasteiger partial charge in [-0.1, -0.05) is 12.1 Å². The van der Waals surface area contributed by atoms with Gasteiger partial charge in [-0.05, 0) is 62.8 Å². The van der Waals surface area contributed by atoms with Crippen LogP contribution in [0, 0.1) is 5.92 Å². The van der Waals surface area contributed by atoms with E-state index in [4.69, 9.17) is 9.72 Å². The van der Waals surface area contributed by atoms with Crippen molar-refractivity contribution in [3.05, 3.63) is 59.2 Å².